The second kappa shape index (κ2) is 10.8. The third-order valence-corrected chi connectivity index (χ3v) is 6.52. The maximum Gasteiger partial charge on any atom is 0.251 e. The average Bonchev–Trinajstić information content (AvgIpc) is 3.15. The number of benzene rings is 2. The lowest BCUT2D eigenvalue weighted by molar-refractivity contribution is -0.113. The van der Waals surface area contributed by atoms with Gasteiger partial charge in [0.15, 0.2) is 11.0 Å². The number of nitrogens with zero attached hydrogens (tertiary/aromatic N) is 3. The maximum atomic E-state index is 12.5. The second-order valence-electron chi connectivity index (χ2n) is 7.11. The summed E-state index contributed by atoms with van der Waals surface area (Å²) in [6.45, 7) is 3.89. The SMILES string of the molecule is CCc1ccc(NC(=O)CSc2nnc([C@@H](C)NC(=O)c3ccc(Cl)c(Cl)c3)n2C)cc1. The van der Waals surface area contributed by atoms with Gasteiger partial charge in [-0.1, -0.05) is 54.0 Å². The zero-order chi connectivity index (χ0) is 23.3. The minimum Gasteiger partial charge on any atom is -0.342 e. The number of amides is 2. The number of aromatic nitrogens is 3. The Kier molecular flexibility index (Phi) is 8.17. The fraction of sp³-hybridized carbons (Fsp3) is 0.273. The van der Waals surface area contributed by atoms with Gasteiger partial charge in [-0.25, -0.2) is 0 Å². The van der Waals surface area contributed by atoms with Gasteiger partial charge >= 0.3 is 0 Å². The molecule has 0 radical (unpaired) electrons. The molecule has 0 unspecified atom stereocenters. The molecule has 0 fully saturated rings. The minimum atomic E-state index is -0.408. The summed E-state index contributed by atoms with van der Waals surface area (Å²) in [4.78, 5) is 24.8. The molecule has 3 rings (SSSR count). The average molecular weight is 492 g/mol. The number of hydrogen-bond donors (Lipinski definition) is 2. The zero-order valence-corrected chi connectivity index (χ0v) is 20.2. The molecule has 7 nitrogen and oxygen atoms in total. The van der Waals surface area contributed by atoms with E-state index in [1.54, 1.807) is 30.7 Å². The van der Waals surface area contributed by atoms with Gasteiger partial charge in [-0.05, 0) is 49.2 Å². The number of carbonyl (C=O) groups excluding carboxylic acids is 2. The van der Waals surface area contributed by atoms with E-state index in [0.29, 0.717) is 26.6 Å². The molecule has 0 aliphatic rings. The maximum absolute atomic E-state index is 12.5. The number of rotatable bonds is 8. The molecule has 1 atom stereocenters. The van der Waals surface area contributed by atoms with E-state index in [0.717, 1.165) is 12.1 Å². The van der Waals surface area contributed by atoms with E-state index in [2.05, 4.69) is 27.8 Å². The van der Waals surface area contributed by atoms with Crippen molar-refractivity contribution in [2.24, 2.45) is 7.05 Å². The van der Waals surface area contributed by atoms with Crippen LogP contribution in [0.4, 0.5) is 5.69 Å². The van der Waals surface area contributed by atoms with Crippen LogP contribution < -0.4 is 10.6 Å². The third kappa shape index (κ3) is 6.03. The van der Waals surface area contributed by atoms with Crippen LogP contribution in [0.15, 0.2) is 47.6 Å². The van der Waals surface area contributed by atoms with Crippen LogP contribution in [-0.2, 0) is 18.3 Å². The molecular formula is C22H23Cl2N5O2S. The first-order valence-electron chi connectivity index (χ1n) is 9.95. The molecule has 0 saturated carbocycles. The molecular weight excluding hydrogens is 469 g/mol. The Hall–Kier alpha value is -2.55. The van der Waals surface area contributed by atoms with Crippen LogP contribution in [0, 0.1) is 0 Å². The molecule has 2 N–H and O–H groups in total. The van der Waals surface area contributed by atoms with E-state index in [9.17, 15) is 9.59 Å². The van der Waals surface area contributed by atoms with Crippen molar-refractivity contribution in [1.82, 2.24) is 20.1 Å². The number of anilines is 1. The van der Waals surface area contributed by atoms with Crippen molar-refractivity contribution < 1.29 is 9.59 Å². The quantitative estimate of drug-likeness (QED) is 0.437. The van der Waals surface area contributed by atoms with Gasteiger partial charge < -0.3 is 15.2 Å². The predicted octanol–water partition coefficient (Wildman–Crippen LogP) is 4.91. The summed E-state index contributed by atoms with van der Waals surface area (Å²) >= 11 is 13.2. The van der Waals surface area contributed by atoms with E-state index in [1.165, 1.54) is 23.4 Å². The molecule has 1 heterocycles. The largest absolute Gasteiger partial charge is 0.342 e. The van der Waals surface area contributed by atoms with Crippen molar-refractivity contribution in [1.29, 1.82) is 0 Å². The Bertz CT molecular complexity index is 1120. The fourth-order valence-electron chi connectivity index (χ4n) is 2.96. The number of nitrogens with one attached hydrogen (secondary N) is 2. The van der Waals surface area contributed by atoms with Crippen molar-refractivity contribution in [2.45, 2.75) is 31.5 Å². The summed E-state index contributed by atoms with van der Waals surface area (Å²) in [5.41, 5.74) is 2.36. The van der Waals surface area contributed by atoms with Crippen LogP contribution in [0.5, 0.6) is 0 Å². The van der Waals surface area contributed by atoms with Gasteiger partial charge in [-0.15, -0.1) is 10.2 Å². The standard InChI is InChI=1S/C22H23Cl2N5O2S/c1-4-14-5-8-16(9-6-14)26-19(30)12-32-22-28-27-20(29(22)3)13(2)25-21(31)15-7-10-17(23)18(24)11-15/h5-11,13H,4,12H2,1-3H3,(H,25,31)(H,26,30)/t13-/m1/s1. The first-order chi connectivity index (χ1) is 15.3. The first-order valence-corrected chi connectivity index (χ1v) is 11.7. The Morgan fingerprint density at radius 1 is 1.09 bits per heavy atom. The van der Waals surface area contributed by atoms with Crippen LogP contribution in [0.3, 0.4) is 0 Å². The monoisotopic (exact) mass is 491 g/mol. The molecule has 2 amide bonds. The van der Waals surface area contributed by atoms with Gasteiger partial charge in [0.25, 0.3) is 5.91 Å². The molecule has 0 spiro atoms. The fourth-order valence-corrected chi connectivity index (χ4v) is 3.98. The van der Waals surface area contributed by atoms with Crippen LogP contribution >= 0.6 is 35.0 Å². The molecule has 3 aromatic rings. The van der Waals surface area contributed by atoms with E-state index < -0.39 is 6.04 Å². The molecule has 1 aromatic heterocycles. The van der Waals surface area contributed by atoms with Crippen LogP contribution in [0.25, 0.3) is 0 Å². The van der Waals surface area contributed by atoms with E-state index in [1.807, 2.05) is 24.3 Å². The second-order valence-corrected chi connectivity index (χ2v) is 8.87. The summed E-state index contributed by atoms with van der Waals surface area (Å²) in [5.74, 6) is 0.314. The van der Waals surface area contributed by atoms with Crippen LogP contribution in [-0.4, -0.2) is 32.3 Å². The highest BCUT2D eigenvalue weighted by atomic mass is 35.5. The molecule has 168 valence electrons. The highest BCUT2D eigenvalue weighted by molar-refractivity contribution is 7.99. The topological polar surface area (TPSA) is 88.9 Å². The van der Waals surface area contributed by atoms with Crippen molar-refractivity contribution >= 4 is 52.5 Å². The van der Waals surface area contributed by atoms with Gasteiger partial charge in [-0.3, -0.25) is 9.59 Å². The van der Waals surface area contributed by atoms with E-state index in [-0.39, 0.29) is 17.6 Å². The highest BCUT2D eigenvalue weighted by Gasteiger charge is 2.19. The number of halogens is 2. The normalized spacial score (nSPS) is 11.8. The smallest absolute Gasteiger partial charge is 0.251 e. The summed E-state index contributed by atoms with van der Waals surface area (Å²) in [6, 6.07) is 12.0. The predicted molar refractivity (Wildman–Crippen MR) is 129 cm³/mol. The molecule has 0 aliphatic carbocycles. The van der Waals surface area contributed by atoms with E-state index >= 15 is 0 Å². The van der Waals surface area contributed by atoms with Gasteiger partial charge in [0, 0.05) is 18.3 Å². The molecule has 32 heavy (non-hydrogen) atoms. The number of aryl methyl sites for hydroxylation is 1. The van der Waals surface area contributed by atoms with Crippen molar-refractivity contribution in [3.05, 3.63) is 69.5 Å². The lowest BCUT2D eigenvalue weighted by atomic mass is 10.1. The van der Waals surface area contributed by atoms with Crippen LogP contribution in [0.1, 0.15) is 41.6 Å². The van der Waals surface area contributed by atoms with Crippen molar-refractivity contribution in [3.8, 4) is 0 Å². The molecule has 2 aromatic carbocycles. The lowest BCUT2D eigenvalue weighted by Crippen LogP contribution is -2.28. The summed E-state index contributed by atoms with van der Waals surface area (Å²) in [6.07, 6.45) is 0.949. The van der Waals surface area contributed by atoms with E-state index in [4.69, 9.17) is 23.2 Å². The number of carbonyl (C=O) groups is 2. The van der Waals surface area contributed by atoms with Gasteiger partial charge in [-0.2, -0.15) is 0 Å². The zero-order valence-electron chi connectivity index (χ0n) is 17.9. The first kappa shape index (κ1) is 24.1. The Labute approximate surface area is 200 Å². The number of hydrogen-bond acceptors (Lipinski definition) is 5. The summed E-state index contributed by atoms with van der Waals surface area (Å²) in [5, 5.41) is 15.3. The molecule has 10 heteroatoms. The van der Waals surface area contributed by atoms with Crippen LogP contribution in [0.2, 0.25) is 10.0 Å². The number of thioether (sulfide) groups is 1. The Balaban J connectivity index is 1.57. The van der Waals surface area contributed by atoms with Gasteiger partial charge in [0.05, 0.1) is 21.8 Å². The third-order valence-electron chi connectivity index (χ3n) is 4.76. The van der Waals surface area contributed by atoms with Crippen molar-refractivity contribution in [3.63, 3.8) is 0 Å². The molecule has 0 bridgehead atoms. The lowest BCUT2D eigenvalue weighted by Gasteiger charge is -2.14. The van der Waals surface area contributed by atoms with Crippen molar-refractivity contribution in [2.75, 3.05) is 11.1 Å². The summed E-state index contributed by atoms with van der Waals surface area (Å²) < 4.78 is 1.76. The molecule has 0 saturated heterocycles. The van der Waals surface area contributed by atoms with Gasteiger partial charge in [0.1, 0.15) is 0 Å². The van der Waals surface area contributed by atoms with Gasteiger partial charge in [0.2, 0.25) is 5.91 Å². The Morgan fingerprint density at radius 2 is 1.81 bits per heavy atom. The summed E-state index contributed by atoms with van der Waals surface area (Å²) in [7, 11) is 1.79. The Morgan fingerprint density at radius 3 is 2.47 bits per heavy atom. The minimum absolute atomic E-state index is 0.134. The highest BCUT2D eigenvalue weighted by Crippen LogP contribution is 2.24. The molecule has 0 aliphatic heterocycles.